The summed E-state index contributed by atoms with van der Waals surface area (Å²) < 4.78 is 4.99. The summed E-state index contributed by atoms with van der Waals surface area (Å²) >= 11 is 0. The number of phenolic OH excluding ortho intramolecular Hbond substituents is 1. The molecule has 0 amide bonds. The molecule has 4 nitrogen and oxygen atoms in total. The molecule has 0 saturated carbocycles. The van der Waals surface area contributed by atoms with Gasteiger partial charge in [0.2, 0.25) is 0 Å². The number of aromatic hydroxyl groups is 1. The molecule has 62 valence electrons. The molecule has 0 radical (unpaired) electrons. The van der Waals surface area contributed by atoms with E-state index in [0.717, 1.165) is 0 Å². The van der Waals surface area contributed by atoms with Gasteiger partial charge in [0.1, 0.15) is 5.75 Å². The van der Waals surface area contributed by atoms with Gasteiger partial charge in [0, 0.05) is 12.1 Å². The topological polar surface area (TPSA) is 72.3 Å². The first-order chi connectivity index (χ1) is 5.83. The Hall–Kier alpha value is -1.55. The van der Waals surface area contributed by atoms with E-state index in [4.69, 9.17) is 10.2 Å². The summed E-state index contributed by atoms with van der Waals surface area (Å²) in [5.74, 6) is 0.115. The first-order valence-electron chi connectivity index (χ1n) is 3.57. The molecule has 0 bridgehead atoms. The van der Waals surface area contributed by atoms with E-state index < -0.39 is 0 Å². The fourth-order valence-electron chi connectivity index (χ4n) is 1.12. The van der Waals surface area contributed by atoms with Crippen molar-refractivity contribution in [3.63, 3.8) is 0 Å². The van der Waals surface area contributed by atoms with E-state index in [2.05, 4.69) is 4.98 Å². The number of benzene rings is 1. The van der Waals surface area contributed by atoms with Crippen LogP contribution >= 0.6 is 0 Å². The minimum absolute atomic E-state index is 0.115. The third kappa shape index (κ3) is 0.853. The highest BCUT2D eigenvalue weighted by molar-refractivity contribution is 5.80. The van der Waals surface area contributed by atoms with Crippen molar-refractivity contribution >= 4 is 11.1 Å². The second-order valence-corrected chi connectivity index (χ2v) is 2.48. The van der Waals surface area contributed by atoms with Crippen molar-refractivity contribution in [2.24, 2.45) is 5.73 Å². The van der Waals surface area contributed by atoms with Crippen molar-refractivity contribution in [3.8, 4) is 5.75 Å². The van der Waals surface area contributed by atoms with Gasteiger partial charge in [0.25, 0.3) is 0 Å². The van der Waals surface area contributed by atoms with E-state index in [9.17, 15) is 5.11 Å². The fourth-order valence-corrected chi connectivity index (χ4v) is 1.12. The Bertz CT molecular complexity index is 408. The Labute approximate surface area is 68.6 Å². The molecule has 0 spiro atoms. The largest absolute Gasteiger partial charge is 0.505 e. The molecule has 1 aromatic heterocycles. The average Bonchev–Trinajstić information content (AvgIpc) is 2.53. The van der Waals surface area contributed by atoms with E-state index in [0.29, 0.717) is 23.2 Å². The lowest BCUT2D eigenvalue weighted by Crippen LogP contribution is -1.96. The standard InChI is InChI=1S/C8H8N2O2/c9-3-5-1-2-6-7(8(5)11)10-4-12-6/h1-2,4,11H,3,9H2. The molecule has 1 heterocycles. The highest BCUT2D eigenvalue weighted by atomic mass is 16.3. The summed E-state index contributed by atoms with van der Waals surface area (Å²) in [4.78, 5) is 3.85. The van der Waals surface area contributed by atoms with Crippen LogP contribution in [0.5, 0.6) is 5.75 Å². The predicted molar refractivity (Wildman–Crippen MR) is 43.6 cm³/mol. The Morgan fingerprint density at radius 2 is 2.33 bits per heavy atom. The number of fused-ring (bicyclic) bond motifs is 1. The van der Waals surface area contributed by atoms with E-state index in [1.807, 2.05) is 0 Å². The van der Waals surface area contributed by atoms with Crippen molar-refractivity contribution in [2.45, 2.75) is 6.54 Å². The maximum atomic E-state index is 9.54. The van der Waals surface area contributed by atoms with Crippen molar-refractivity contribution < 1.29 is 9.52 Å². The van der Waals surface area contributed by atoms with Crippen LogP contribution in [0.25, 0.3) is 11.1 Å². The third-order valence-corrected chi connectivity index (χ3v) is 1.78. The van der Waals surface area contributed by atoms with Crippen molar-refractivity contribution in [1.82, 2.24) is 4.98 Å². The lowest BCUT2D eigenvalue weighted by Gasteiger charge is -1.99. The van der Waals surface area contributed by atoms with Gasteiger partial charge in [-0.25, -0.2) is 4.98 Å². The first-order valence-corrected chi connectivity index (χ1v) is 3.57. The summed E-state index contributed by atoms with van der Waals surface area (Å²) in [5, 5.41) is 9.54. The monoisotopic (exact) mass is 164 g/mol. The Morgan fingerprint density at radius 3 is 3.08 bits per heavy atom. The van der Waals surface area contributed by atoms with Crippen LogP contribution in [-0.4, -0.2) is 10.1 Å². The fraction of sp³-hybridized carbons (Fsp3) is 0.125. The van der Waals surface area contributed by atoms with Crippen LogP contribution < -0.4 is 5.73 Å². The molecule has 0 fully saturated rings. The highest BCUT2D eigenvalue weighted by Gasteiger charge is 2.07. The molecule has 0 aliphatic heterocycles. The van der Waals surface area contributed by atoms with Crippen LogP contribution in [0, 0.1) is 0 Å². The van der Waals surface area contributed by atoms with Crippen molar-refractivity contribution in [1.29, 1.82) is 0 Å². The van der Waals surface area contributed by atoms with Crippen LogP contribution in [0.2, 0.25) is 0 Å². The van der Waals surface area contributed by atoms with Gasteiger partial charge >= 0.3 is 0 Å². The molecule has 0 aliphatic rings. The third-order valence-electron chi connectivity index (χ3n) is 1.78. The quantitative estimate of drug-likeness (QED) is 0.659. The molecule has 0 atom stereocenters. The molecule has 2 rings (SSSR count). The molecule has 0 saturated heterocycles. The van der Waals surface area contributed by atoms with Crippen molar-refractivity contribution in [2.75, 3.05) is 0 Å². The number of nitrogens with zero attached hydrogens (tertiary/aromatic N) is 1. The van der Waals surface area contributed by atoms with Gasteiger partial charge in [0.05, 0.1) is 0 Å². The molecular formula is C8H8N2O2. The number of hydrogen-bond acceptors (Lipinski definition) is 4. The minimum atomic E-state index is 0.115. The van der Waals surface area contributed by atoms with Gasteiger partial charge < -0.3 is 15.3 Å². The van der Waals surface area contributed by atoms with E-state index >= 15 is 0 Å². The zero-order valence-electron chi connectivity index (χ0n) is 6.32. The number of aromatic nitrogens is 1. The zero-order chi connectivity index (χ0) is 8.55. The number of rotatable bonds is 1. The van der Waals surface area contributed by atoms with Gasteiger partial charge in [0.15, 0.2) is 17.5 Å². The van der Waals surface area contributed by atoms with E-state index in [1.165, 1.54) is 6.39 Å². The van der Waals surface area contributed by atoms with Crippen LogP contribution in [0.3, 0.4) is 0 Å². The number of hydrogen-bond donors (Lipinski definition) is 2. The van der Waals surface area contributed by atoms with Gasteiger partial charge in [-0.15, -0.1) is 0 Å². The summed E-state index contributed by atoms with van der Waals surface area (Å²) in [5.41, 5.74) is 7.11. The van der Waals surface area contributed by atoms with Crippen molar-refractivity contribution in [3.05, 3.63) is 24.1 Å². The molecule has 4 heteroatoms. The van der Waals surface area contributed by atoms with Gasteiger partial charge in [-0.1, -0.05) is 6.07 Å². The minimum Gasteiger partial charge on any atom is -0.505 e. The van der Waals surface area contributed by atoms with Crippen LogP contribution in [0.1, 0.15) is 5.56 Å². The summed E-state index contributed by atoms with van der Waals surface area (Å²) in [7, 11) is 0. The second kappa shape index (κ2) is 2.49. The smallest absolute Gasteiger partial charge is 0.182 e. The SMILES string of the molecule is NCc1ccc2ocnc2c1O. The van der Waals surface area contributed by atoms with Gasteiger partial charge in [-0.3, -0.25) is 0 Å². The van der Waals surface area contributed by atoms with E-state index in [1.54, 1.807) is 12.1 Å². The molecule has 2 aromatic rings. The lowest BCUT2D eigenvalue weighted by atomic mass is 10.2. The second-order valence-electron chi connectivity index (χ2n) is 2.48. The van der Waals surface area contributed by atoms with Gasteiger partial charge in [-0.2, -0.15) is 0 Å². The van der Waals surface area contributed by atoms with Crippen LogP contribution in [-0.2, 0) is 6.54 Å². The number of oxazole rings is 1. The molecular weight excluding hydrogens is 156 g/mol. The number of phenols is 1. The normalized spacial score (nSPS) is 10.8. The maximum Gasteiger partial charge on any atom is 0.182 e. The van der Waals surface area contributed by atoms with E-state index in [-0.39, 0.29) is 5.75 Å². The van der Waals surface area contributed by atoms with Gasteiger partial charge in [-0.05, 0) is 6.07 Å². The molecule has 0 aliphatic carbocycles. The molecule has 3 N–H and O–H groups in total. The maximum absolute atomic E-state index is 9.54. The molecule has 12 heavy (non-hydrogen) atoms. The first kappa shape index (κ1) is 7.12. The highest BCUT2D eigenvalue weighted by Crippen LogP contribution is 2.26. The number of nitrogens with two attached hydrogens (primary N) is 1. The Kier molecular flexibility index (Phi) is 1.48. The van der Waals surface area contributed by atoms with Crippen LogP contribution in [0.15, 0.2) is 22.9 Å². The predicted octanol–water partition coefficient (Wildman–Crippen LogP) is 0.992. The summed E-state index contributed by atoms with van der Waals surface area (Å²) in [6.45, 7) is 0.300. The molecule has 1 aromatic carbocycles. The Balaban J connectivity index is 2.78. The summed E-state index contributed by atoms with van der Waals surface area (Å²) in [6.07, 6.45) is 1.30. The lowest BCUT2D eigenvalue weighted by molar-refractivity contribution is 0.473. The summed E-state index contributed by atoms with van der Waals surface area (Å²) in [6, 6.07) is 3.47. The average molecular weight is 164 g/mol. The Morgan fingerprint density at radius 1 is 1.50 bits per heavy atom. The van der Waals surface area contributed by atoms with Crippen LogP contribution in [0.4, 0.5) is 0 Å². The molecule has 0 unspecified atom stereocenters. The zero-order valence-corrected chi connectivity index (χ0v) is 6.32.